The Hall–Kier alpha value is -2.13. The summed E-state index contributed by atoms with van der Waals surface area (Å²) in [6.45, 7) is 2.71. The number of nitrogens with one attached hydrogen (secondary N) is 1. The van der Waals surface area contributed by atoms with E-state index < -0.39 is 16.1 Å². The summed E-state index contributed by atoms with van der Waals surface area (Å²) in [6.07, 6.45) is 2.86. The van der Waals surface area contributed by atoms with Gasteiger partial charge in [-0.3, -0.25) is 0 Å². The normalized spacial score (nSPS) is 18.6. The summed E-state index contributed by atoms with van der Waals surface area (Å²) >= 11 is 0. The second kappa shape index (κ2) is 6.30. The Morgan fingerprint density at radius 1 is 1.20 bits per heavy atom. The van der Waals surface area contributed by atoms with Gasteiger partial charge in [-0.1, -0.05) is 5.16 Å². The first-order chi connectivity index (χ1) is 12.0. The van der Waals surface area contributed by atoms with Crippen LogP contribution in [0.4, 0.5) is 0 Å². The molecule has 4 rings (SSSR count). The Labute approximate surface area is 145 Å². The van der Waals surface area contributed by atoms with Crippen molar-refractivity contribution in [3.63, 3.8) is 0 Å². The van der Waals surface area contributed by atoms with Gasteiger partial charge in [-0.25, -0.2) is 8.42 Å². The monoisotopic (exact) mass is 365 g/mol. The molecule has 1 aromatic heterocycles. The van der Waals surface area contributed by atoms with E-state index in [1.165, 1.54) is 12.1 Å². The number of aromatic nitrogens is 2. The van der Waals surface area contributed by atoms with Gasteiger partial charge in [-0.15, -0.1) is 0 Å². The number of ether oxygens (including phenoxy) is 2. The van der Waals surface area contributed by atoms with E-state index in [0.717, 1.165) is 19.3 Å². The van der Waals surface area contributed by atoms with E-state index in [4.69, 9.17) is 14.0 Å². The Balaban J connectivity index is 1.53. The molecule has 9 heteroatoms. The molecule has 134 valence electrons. The number of hydrogen-bond donors (Lipinski definition) is 1. The molecule has 25 heavy (non-hydrogen) atoms. The van der Waals surface area contributed by atoms with E-state index in [1.807, 2.05) is 0 Å². The molecule has 0 amide bonds. The van der Waals surface area contributed by atoms with E-state index in [-0.39, 0.29) is 10.8 Å². The van der Waals surface area contributed by atoms with Crippen LogP contribution in [0.2, 0.25) is 0 Å². The summed E-state index contributed by atoms with van der Waals surface area (Å²) in [5.41, 5.74) is 0. The van der Waals surface area contributed by atoms with Gasteiger partial charge in [0.05, 0.1) is 24.2 Å². The van der Waals surface area contributed by atoms with Crippen molar-refractivity contribution in [2.75, 3.05) is 13.2 Å². The number of benzene rings is 1. The fourth-order valence-electron chi connectivity index (χ4n) is 2.59. The topological polar surface area (TPSA) is 104 Å². The third kappa shape index (κ3) is 3.47. The van der Waals surface area contributed by atoms with Crippen LogP contribution in [-0.2, 0) is 10.0 Å². The summed E-state index contributed by atoms with van der Waals surface area (Å²) in [5.74, 6) is 2.25. The predicted molar refractivity (Wildman–Crippen MR) is 87.1 cm³/mol. The van der Waals surface area contributed by atoms with Gasteiger partial charge in [0, 0.05) is 18.4 Å². The quantitative estimate of drug-likeness (QED) is 0.866. The zero-order valence-corrected chi connectivity index (χ0v) is 14.6. The van der Waals surface area contributed by atoms with Crippen LogP contribution in [-0.4, -0.2) is 31.8 Å². The highest BCUT2D eigenvalue weighted by Gasteiger charge is 2.30. The van der Waals surface area contributed by atoms with Crippen LogP contribution >= 0.6 is 0 Å². The van der Waals surface area contributed by atoms with Gasteiger partial charge in [0.25, 0.3) is 0 Å². The minimum absolute atomic E-state index is 0.102. The standard InChI is InChI=1S/C16H19N3O5S/c1-10(16-17-15(18-24-16)11-3-4-11)19-25(20,21)12-5-6-13-14(9-12)23-8-2-7-22-13/h5-6,9-11,19H,2-4,7-8H2,1H3. The minimum atomic E-state index is -3.76. The maximum atomic E-state index is 12.6. The molecule has 2 heterocycles. The number of rotatable bonds is 5. The molecule has 1 atom stereocenters. The summed E-state index contributed by atoms with van der Waals surface area (Å²) in [5, 5.41) is 3.91. The van der Waals surface area contributed by atoms with E-state index in [2.05, 4.69) is 14.9 Å². The Morgan fingerprint density at radius 3 is 2.72 bits per heavy atom. The molecule has 0 radical (unpaired) electrons. The first-order valence-corrected chi connectivity index (χ1v) is 9.77. The van der Waals surface area contributed by atoms with Crippen molar-refractivity contribution in [3.8, 4) is 11.5 Å². The second-order valence-electron chi connectivity index (χ2n) is 6.27. The number of sulfonamides is 1. The van der Waals surface area contributed by atoms with Crippen molar-refractivity contribution in [1.82, 2.24) is 14.9 Å². The Bertz CT molecular complexity index is 876. The van der Waals surface area contributed by atoms with Crippen molar-refractivity contribution in [2.45, 2.75) is 43.0 Å². The van der Waals surface area contributed by atoms with Crippen molar-refractivity contribution >= 4 is 10.0 Å². The highest BCUT2D eigenvalue weighted by Crippen LogP contribution is 2.38. The molecule has 1 fully saturated rings. The fourth-order valence-corrected chi connectivity index (χ4v) is 3.80. The van der Waals surface area contributed by atoms with Crippen LogP contribution in [0.1, 0.15) is 49.9 Å². The van der Waals surface area contributed by atoms with Gasteiger partial charge in [0.2, 0.25) is 15.9 Å². The molecule has 1 aliphatic heterocycles. The van der Waals surface area contributed by atoms with Crippen LogP contribution in [0, 0.1) is 0 Å². The third-order valence-electron chi connectivity index (χ3n) is 4.13. The van der Waals surface area contributed by atoms with Gasteiger partial charge in [-0.2, -0.15) is 9.71 Å². The largest absolute Gasteiger partial charge is 0.490 e. The molecule has 0 saturated heterocycles. The third-order valence-corrected chi connectivity index (χ3v) is 5.67. The first-order valence-electron chi connectivity index (χ1n) is 8.28. The molecule has 1 N–H and O–H groups in total. The van der Waals surface area contributed by atoms with Crippen molar-refractivity contribution < 1.29 is 22.4 Å². The average Bonchev–Trinajstić information content (AvgIpc) is 3.36. The van der Waals surface area contributed by atoms with Gasteiger partial charge in [0.1, 0.15) is 0 Å². The van der Waals surface area contributed by atoms with Crippen molar-refractivity contribution in [2.24, 2.45) is 0 Å². The SMILES string of the molecule is CC(NS(=O)(=O)c1ccc2c(c1)OCCCO2)c1nc(C2CC2)no1. The average molecular weight is 365 g/mol. The maximum absolute atomic E-state index is 12.6. The summed E-state index contributed by atoms with van der Waals surface area (Å²) in [7, 11) is -3.76. The van der Waals surface area contributed by atoms with Crippen LogP contribution in [0.5, 0.6) is 11.5 Å². The summed E-state index contributed by atoms with van der Waals surface area (Å²) in [6, 6.07) is 3.95. The van der Waals surface area contributed by atoms with Gasteiger partial charge in [-0.05, 0) is 31.9 Å². The lowest BCUT2D eigenvalue weighted by molar-refractivity contribution is 0.297. The molecule has 8 nitrogen and oxygen atoms in total. The molecular weight excluding hydrogens is 346 g/mol. The number of fused-ring (bicyclic) bond motifs is 1. The van der Waals surface area contributed by atoms with Crippen molar-refractivity contribution in [3.05, 3.63) is 29.9 Å². The van der Waals surface area contributed by atoms with Crippen molar-refractivity contribution in [1.29, 1.82) is 0 Å². The molecule has 1 saturated carbocycles. The molecule has 0 bridgehead atoms. The fraction of sp³-hybridized carbons (Fsp3) is 0.500. The van der Waals surface area contributed by atoms with Crippen LogP contribution < -0.4 is 14.2 Å². The molecule has 2 aromatic rings. The molecule has 2 aliphatic rings. The van der Waals surface area contributed by atoms with Crippen LogP contribution in [0.3, 0.4) is 0 Å². The maximum Gasteiger partial charge on any atom is 0.244 e. The molecule has 0 spiro atoms. The van der Waals surface area contributed by atoms with Gasteiger partial charge in [0.15, 0.2) is 17.3 Å². The van der Waals surface area contributed by atoms with Crippen LogP contribution in [0.25, 0.3) is 0 Å². The number of nitrogens with zero attached hydrogens (tertiary/aromatic N) is 2. The first kappa shape index (κ1) is 16.3. The lowest BCUT2D eigenvalue weighted by Crippen LogP contribution is -2.27. The highest BCUT2D eigenvalue weighted by molar-refractivity contribution is 7.89. The van der Waals surface area contributed by atoms with Gasteiger partial charge >= 0.3 is 0 Å². The summed E-state index contributed by atoms with van der Waals surface area (Å²) < 4.78 is 44.1. The number of hydrogen-bond acceptors (Lipinski definition) is 7. The predicted octanol–water partition coefficient (Wildman–Crippen LogP) is 2.15. The zero-order valence-electron chi connectivity index (χ0n) is 13.8. The Kier molecular flexibility index (Phi) is 4.12. The lowest BCUT2D eigenvalue weighted by atomic mass is 10.3. The Morgan fingerprint density at radius 2 is 1.96 bits per heavy atom. The van der Waals surface area contributed by atoms with Crippen LogP contribution in [0.15, 0.2) is 27.6 Å². The van der Waals surface area contributed by atoms with E-state index in [9.17, 15) is 8.42 Å². The smallest absolute Gasteiger partial charge is 0.244 e. The lowest BCUT2D eigenvalue weighted by Gasteiger charge is -2.13. The minimum Gasteiger partial charge on any atom is -0.490 e. The molecule has 1 unspecified atom stereocenters. The second-order valence-corrected chi connectivity index (χ2v) is 7.98. The molecule has 1 aromatic carbocycles. The molecular formula is C16H19N3O5S. The van der Waals surface area contributed by atoms with E-state index in [1.54, 1.807) is 13.0 Å². The summed E-state index contributed by atoms with van der Waals surface area (Å²) in [4.78, 5) is 4.39. The van der Waals surface area contributed by atoms with Gasteiger partial charge < -0.3 is 14.0 Å². The van der Waals surface area contributed by atoms with E-state index >= 15 is 0 Å². The molecule has 1 aliphatic carbocycles. The van der Waals surface area contributed by atoms with E-state index in [0.29, 0.717) is 36.5 Å². The zero-order chi connectivity index (χ0) is 17.4. The highest BCUT2D eigenvalue weighted by atomic mass is 32.2.